The quantitative estimate of drug-likeness (QED) is 0.347. The predicted molar refractivity (Wildman–Crippen MR) is 120 cm³/mol. The molecule has 1 aromatic carbocycles. The van der Waals surface area contributed by atoms with E-state index in [1.54, 1.807) is 25.1 Å². The Hall–Kier alpha value is -1.69. The topological polar surface area (TPSA) is 49.4 Å². The number of carbonyl (C=O) groups excluding carboxylic acids is 2. The van der Waals surface area contributed by atoms with Gasteiger partial charge >= 0.3 is 0 Å². The first-order valence-corrected chi connectivity index (χ1v) is 11.0. The number of benzene rings is 1. The van der Waals surface area contributed by atoms with Crippen molar-refractivity contribution in [2.75, 3.05) is 20.6 Å². The lowest BCUT2D eigenvalue weighted by molar-refractivity contribution is -0.141. The number of unbranched alkanes of at least 4 members (excludes halogenated alkanes) is 2. The van der Waals surface area contributed by atoms with Crippen LogP contribution in [0, 0.1) is 23.6 Å². The Morgan fingerprint density at radius 3 is 2.55 bits per heavy atom. The van der Waals surface area contributed by atoms with Gasteiger partial charge in [-0.25, -0.2) is 4.39 Å². The normalized spacial score (nSPS) is 13.1. The van der Waals surface area contributed by atoms with E-state index in [1.807, 2.05) is 19.9 Å². The molecule has 0 radical (unpaired) electrons. The lowest BCUT2D eigenvalue weighted by atomic mass is 9.80. The predicted octanol–water partition coefficient (Wildman–Crippen LogP) is 4.97. The Morgan fingerprint density at radius 1 is 1.28 bits per heavy atom. The Bertz CT molecular complexity index is 693. The number of carbonyl (C=O) groups is 2. The summed E-state index contributed by atoms with van der Waals surface area (Å²) in [6.07, 6.45) is 5.52. The van der Waals surface area contributed by atoms with Gasteiger partial charge in [-0.15, -0.1) is 6.58 Å². The second-order valence-electron chi connectivity index (χ2n) is 7.94. The van der Waals surface area contributed by atoms with Crippen molar-refractivity contribution in [1.29, 1.82) is 0 Å². The van der Waals surface area contributed by atoms with Crippen molar-refractivity contribution < 1.29 is 14.0 Å². The number of rotatable bonds is 12. The molecule has 2 amide bonds. The van der Waals surface area contributed by atoms with Crippen LogP contribution < -0.4 is 5.32 Å². The van der Waals surface area contributed by atoms with Crippen molar-refractivity contribution in [2.24, 2.45) is 17.8 Å². The van der Waals surface area contributed by atoms with Gasteiger partial charge in [0.15, 0.2) is 0 Å². The van der Waals surface area contributed by atoms with E-state index in [9.17, 15) is 14.0 Å². The summed E-state index contributed by atoms with van der Waals surface area (Å²) in [5, 5.41) is 2.71. The molecule has 2 atom stereocenters. The van der Waals surface area contributed by atoms with Crippen molar-refractivity contribution in [2.45, 2.75) is 46.0 Å². The Morgan fingerprint density at radius 2 is 1.97 bits per heavy atom. The maximum absolute atomic E-state index is 13.8. The minimum atomic E-state index is -0.556. The van der Waals surface area contributed by atoms with E-state index in [4.69, 9.17) is 0 Å². The van der Waals surface area contributed by atoms with Crippen molar-refractivity contribution in [1.82, 2.24) is 10.2 Å². The lowest BCUT2D eigenvalue weighted by Crippen LogP contribution is -2.44. The summed E-state index contributed by atoms with van der Waals surface area (Å²) in [4.78, 5) is 27.8. The van der Waals surface area contributed by atoms with Gasteiger partial charge < -0.3 is 10.2 Å². The molecule has 1 aromatic rings. The third kappa shape index (κ3) is 8.29. The smallest absolute Gasteiger partial charge is 0.226 e. The Labute approximate surface area is 183 Å². The van der Waals surface area contributed by atoms with Gasteiger partial charge in [-0.3, -0.25) is 9.59 Å². The van der Waals surface area contributed by atoms with Gasteiger partial charge in [0.25, 0.3) is 0 Å². The fourth-order valence-electron chi connectivity index (χ4n) is 3.52. The molecule has 0 spiro atoms. The van der Waals surface area contributed by atoms with Crippen molar-refractivity contribution >= 4 is 27.7 Å². The van der Waals surface area contributed by atoms with Gasteiger partial charge in [-0.1, -0.05) is 35.9 Å². The van der Waals surface area contributed by atoms with Crippen molar-refractivity contribution in [3.63, 3.8) is 0 Å². The number of allylic oxidation sites excluding steroid dienone is 1. The fraction of sp³-hybridized carbons (Fsp3) is 0.565. The molecule has 0 fully saturated rings. The third-order valence-corrected chi connectivity index (χ3v) is 5.86. The number of hydrogen-bond donors (Lipinski definition) is 1. The highest BCUT2D eigenvalue weighted by Crippen LogP contribution is 2.29. The highest BCUT2D eigenvalue weighted by Gasteiger charge is 2.35. The number of hydrogen-bond acceptors (Lipinski definition) is 2. The minimum absolute atomic E-state index is 0.0750. The molecule has 162 valence electrons. The maximum atomic E-state index is 13.8. The van der Waals surface area contributed by atoms with E-state index >= 15 is 0 Å². The van der Waals surface area contributed by atoms with Crippen LogP contribution in [-0.4, -0.2) is 37.4 Å². The van der Waals surface area contributed by atoms with Gasteiger partial charge in [0, 0.05) is 25.1 Å². The molecule has 1 N–H and O–H groups in total. The van der Waals surface area contributed by atoms with E-state index in [1.165, 1.54) is 12.1 Å². The van der Waals surface area contributed by atoms with Crippen LogP contribution in [0.5, 0.6) is 0 Å². The summed E-state index contributed by atoms with van der Waals surface area (Å²) in [7, 11) is 3.37. The van der Waals surface area contributed by atoms with Crippen molar-refractivity contribution in [3.8, 4) is 0 Å². The van der Waals surface area contributed by atoms with Crippen molar-refractivity contribution in [3.05, 3.63) is 46.7 Å². The molecule has 0 heterocycles. The molecular formula is C23H34BrFN2O2. The molecule has 0 saturated carbocycles. The van der Waals surface area contributed by atoms with Crippen LogP contribution in [0.4, 0.5) is 4.39 Å². The average Bonchev–Trinajstić information content (AvgIpc) is 2.68. The first-order chi connectivity index (χ1) is 13.7. The summed E-state index contributed by atoms with van der Waals surface area (Å²) in [5.74, 6) is -1.36. The number of nitrogens with one attached hydrogen (secondary N) is 1. The zero-order valence-electron chi connectivity index (χ0n) is 18.0. The summed E-state index contributed by atoms with van der Waals surface area (Å²) in [6, 6.07) is 4.45. The first-order valence-electron chi connectivity index (χ1n) is 10.2. The van der Waals surface area contributed by atoms with Gasteiger partial charge in [-0.05, 0) is 61.8 Å². The van der Waals surface area contributed by atoms with Crippen LogP contribution in [-0.2, 0) is 16.0 Å². The molecule has 0 aromatic heterocycles. The molecular weight excluding hydrogens is 435 g/mol. The van der Waals surface area contributed by atoms with Gasteiger partial charge in [-0.2, -0.15) is 0 Å². The van der Waals surface area contributed by atoms with Crippen LogP contribution in [0.2, 0.25) is 0 Å². The molecule has 0 aliphatic heterocycles. The van der Waals surface area contributed by atoms with Gasteiger partial charge in [0.1, 0.15) is 5.82 Å². The Kier molecular flexibility index (Phi) is 11.2. The molecule has 6 heteroatoms. The van der Waals surface area contributed by atoms with E-state index in [0.717, 1.165) is 23.7 Å². The number of nitrogens with zero attached hydrogens (tertiary/aromatic N) is 1. The summed E-state index contributed by atoms with van der Waals surface area (Å²) in [5.41, 5.74) is 0.695. The SMILES string of the molecule is C=CCCCCN(C)C(=O)[C@@H](Cc1cc(F)ccc1Br)C(CC(C)C)C(=O)NC. The highest BCUT2D eigenvalue weighted by atomic mass is 79.9. The monoisotopic (exact) mass is 468 g/mol. The molecule has 0 bridgehead atoms. The molecule has 0 aliphatic carbocycles. The fourth-order valence-corrected chi connectivity index (χ4v) is 3.93. The summed E-state index contributed by atoms with van der Waals surface area (Å²) >= 11 is 3.46. The Balaban J connectivity index is 3.17. The second kappa shape index (κ2) is 12.8. The summed E-state index contributed by atoms with van der Waals surface area (Å²) < 4.78 is 14.6. The molecule has 1 rings (SSSR count). The zero-order chi connectivity index (χ0) is 22.0. The standard InChI is InChI=1S/C23H34BrFN2O2/c1-6-7-8-9-12-27(5)23(29)20(19(13-16(2)3)22(28)26-4)15-17-14-18(25)10-11-21(17)24/h6,10-11,14,16,19-20H,1,7-9,12-13,15H2,2-5H3,(H,26,28)/t19?,20-/m0/s1. The number of amides is 2. The third-order valence-electron chi connectivity index (χ3n) is 5.09. The first kappa shape index (κ1) is 25.3. The van der Waals surface area contributed by atoms with E-state index in [2.05, 4.69) is 27.8 Å². The van der Waals surface area contributed by atoms with Crippen LogP contribution in [0.25, 0.3) is 0 Å². The largest absolute Gasteiger partial charge is 0.359 e. The highest BCUT2D eigenvalue weighted by molar-refractivity contribution is 9.10. The van der Waals surface area contributed by atoms with Gasteiger partial charge in [0.2, 0.25) is 11.8 Å². The molecule has 0 aliphatic rings. The lowest BCUT2D eigenvalue weighted by Gasteiger charge is -2.30. The van der Waals surface area contributed by atoms with Crippen LogP contribution in [0.15, 0.2) is 35.3 Å². The summed E-state index contributed by atoms with van der Waals surface area (Å²) in [6.45, 7) is 8.42. The van der Waals surface area contributed by atoms with E-state index in [0.29, 0.717) is 24.9 Å². The molecule has 0 saturated heterocycles. The average molecular weight is 469 g/mol. The van der Waals surface area contributed by atoms with Crippen LogP contribution in [0.1, 0.15) is 45.1 Å². The second-order valence-corrected chi connectivity index (χ2v) is 8.80. The minimum Gasteiger partial charge on any atom is -0.359 e. The molecule has 29 heavy (non-hydrogen) atoms. The van der Waals surface area contributed by atoms with Crippen LogP contribution in [0.3, 0.4) is 0 Å². The maximum Gasteiger partial charge on any atom is 0.226 e. The van der Waals surface area contributed by atoms with Gasteiger partial charge in [0.05, 0.1) is 11.8 Å². The molecule has 4 nitrogen and oxygen atoms in total. The zero-order valence-corrected chi connectivity index (χ0v) is 19.6. The van der Waals surface area contributed by atoms with E-state index < -0.39 is 11.8 Å². The molecule has 1 unspecified atom stereocenters. The van der Waals surface area contributed by atoms with E-state index in [-0.39, 0.29) is 23.5 Å². The number of halogens is 2. The van der Waals surface area contributed by atoms with Crippen LogP contribution >= 0.6 is 15.9 Å².